The molecule has 0 saturated carbocycles. The van der Waals surface area contributed by atoms with Gasteiger partial charge in [0.1, 0.15) is 5.82 Å². The summed E-state index contributed by atoms with van der Waals surface area (Å²) < 4.78 is 41.8. The number of rotatable bonds is 7. The van der Waals surface area contributed by atoms with Crippen LogP contribution < -0.4 is 5.32 Å². The van der Waals surface area contributed by atoms with Crippen LogP contribution in [0.4, 0.5) is 10.1 Å². The van der Waals surface area contributed by atoms with Crippen LogP contribution in [0.5, 0.6) is 0 Å². The Labute approximate surface area is 200 Å². The first-order chi connectivity index (χ1) is 15.1. The predicted octanol–water partition coefficient (Wildman–Crippen LogP) is 5.92. The smallest absolute Gasteiger partial charge is 0.243 e. The highest BCUT2D eigenvalue weighted by Crippen LogP contribution is 2.26. The lowest BCUT2D eigenvalue weighted by Crippen LogP contribution is -2.38. The fourth-order valence-corrected chi connectivity index (χ4v) is 4.90. The SMILES string of the molecule is Cc1cc(Cl)ccc1NC(=O)CN(Cc1c(F)cccc1Cl)S(=O)(=O)c1ccc(Cl)cc1. The summed E-state index contributed by atoms with van der Waals surface area (Å²) in [5.41, 5.74) is 1.14. The van der Waals surface area contributed by atoms with Crippen LogP contribution in [0.15, 0.2) is 65.6 Å². The molecule has 1 N–H and O–H groups in total. The molecule has 5 nitrogen and oxygen atoms in total. The van der Waals surface area contributed by atoms with E-state index in [-0.39, 0.29) is 15.5 Å². The molecule has 0 saturated heterocycles. The summed E-state index contributed by atoms with van der Waals surface area (Å²) in [4.78, 5) is 12.7. The Balaban J connectivity index is 1.94. The molecule has 3 aromatic carbocycles. The van der Waals surface area contributed by atoms with E-state index in [1.54, 1.807) is 25.1 Å². The van der Waals surface area contributed by atoms with Gasteiger partial charge in [-0.25, -0.2) is 12.8 Å². The Kier molecular flexibility index (Phi) is 7.79. The first-order valence-corrected chi connectivity index (χ1v) is 11.9. The van der Waals surface area contributed by atoms with E-state index >= 15 is 0 Å². The number of halogens is 4. The molecule has 10 heteroatoms. The summed E-state index contributed by atoms with van der Waals surface area (Å²) >= 11 is 17.9. The van der Waals surface area contributed by atoms with Gasteiger partial charge in [-0.3, -0.25) is 4.79 Å². The lowest BCUT2D eigenvalue weighted by atomic mass is 10.2. The van der Waals surface area contributed by atoms with Crippen LogP contribution in [0.3, 0.4) is 0 Å². The molecule has 3 aromatic rings. The van der Waals surface area contributed by atoms with E-state index in [1.807, 2.05) is 0 Å². The first kappa shape index (κ1) is 24.5. The molecule has 0 spiro atoms. The van der Waals surface area contributed by atoms with Gasteiger partial charge in [0, 0.05) is 32.9 Å². The van der Waals surface area contributed by atoms with Gasteiger partial charge in [0.25, 0.3) is 0 Å². The monoisotopic (exact) mass is 514 g/mol. The molecule has 0 bridgehead atoms. The van der Waals surface area contributed by atoms with Crippen molar-refractivity contribution in [1.82, 2.24) is 4.31 Å². The molecular weight excluding hydrogens is 498 g/mol. The number of aryl methyl sites for hydroxylation is 1. The fraction of sp³-hybridized carbons (Fsp3) is 0.136. The number of benzene rings is 3. The zero-order valence-corrected chi connectivity index (χ0v) is 19.9. The quantitative estimate of drug-likeness (QED) is 0.424. The van der Waals surface area contributed by atoms with E-state index < -0.39 is 34.8 Å². The Morgan fingerprint density at radius 2 is 1.66 bits per heavy atom. The second-order valence-corrected chi connectivity index (χ2v) is 10.2. The van der Waals surface area contributed by atoms with Crippen LogP contribution in [0.2, 0.25) is 15.1 Å². The van der Waals surface area contributed by atoms with Crippen molar-refractivity contribution in [2.75, 3.05) is 11.9 Å². The zero-order chi connectivity index (χ0) is 23.5. The van der Waals surface area contributed by atoms with Crippen LogP contribution in [0, 0.1) is 12.7 Å². The Morgan fingerprint density at radius 3 is 2.28 bits per heavy atom. The van der Waals surface area contributed by atoms with Crippen molar-refractivity contribution >= 4 is 56.4 Å². The molecule has 0 radical (unpaired) electrons. The van der Waals surface area contributed by atoms with Crippen molar-refractivity contribution in [1.29, 1.82) is 0 Å². The maximum Gasteiger partial charge on any atom is 0.243 e. The van der Waals surface area contributed by atoms with E-state index in [0.29, 0.717) is 21.3 Å². The minimum absolute atomic E-state index is 0.0396. The highest BCUT2D eigenvalue weighted by molar-refractivity contribution is 7.89. The lowest BCUT2D eigenvalue weighted by molar-refractivity contribution is -0.116. The Hall–Kier alpha value is -2.16. The van der Waals surface area contributed by atoms with Crippen molar-refractivity contribution in [2.24, 2.45) is 0 Å². The van der Waals surface area contributed by atoms with Crippen molar-refractivity contribution in [2.45, 2.75) is 18.4 Å². The number of anilines is 1. The number of carbonyl (C=O) groups is 1. The third-order valence-corrected chi connectivity index (χ3v) is 7.28. The highest BCUT2D eigenvalue weighted by Gasteiger charge is 2.28. The fourth-order valence-electron chi connectivity index (χ4n) is 2.96. The maximum atomic E-state index is 14.4. The van der Waals surface area contributed by atoms with E-state index in [4.69, 9.17) is 34.8 Å². The summed E-state index contributed by atoms with van der Waals surface area (Å²) in [5.74, 6) is -1.29. The van der Waals surface area contributed by atoms with Crippen LogP contribution >= 0.6 is 34.8 Å². The number of hydrogen-bond donors (Lipinski definition) is 1. The van der Waals surface area contributed by atoms with Crippen molar-refractivity contribution < 1.29 is 17.6 Å². The molecule has 0 aliphatic heterocycles. The summed E-state index contributed by atoms with van der Waals surface area (Å²) in [6.45, 7) is 0.740. The maximum absolute atomic E-state index is 14.4. The average molecular weight is 516 g/mol. The topological polar surface area (TPSA) is 66.5 Å². The molecule has 0 heterocycles. The molecule has 168 valence electrons. The van der Waals surface area contributed by atoms with Gasteiger partial charge in [0.2, 0.25) is 15.9 Å². The third-order valence-electron chi connectivity index (χ3n) is 4.63. The number of carbonyl (C=O) groups excluding carboxylic acids is 1. The van der Waals surface area contributed by atoms with Gasteiger partial charge in [0.05, 0.1) is 11.4 Å². The van der Waals surface area contributed by atoms with Crippen LogP contribution in [0.25, 0.3) is 0 Å². The lowest BCUT2D eigenvalue weighted by Gasteiger charge is -2.23. The van der Waals surface area contributed by atoms with Gasteiger partial charge >= 0.3 is 0 Å². The second-order valence-electron chi connectivity index (χ2n) is 6.93. The molecule has 0 aliphatic carbocycles. The van der Waals surface area contributed by atoms with Gasteiger partial charge in [0.15, 0.2) is 0 Å². The number of amides is 1. The number of hydrogen-bond acceptors (Lipinski definition) is 3. The van der Waals surface area contributed by atoms with Gasteiger partial charge in [-0.05, 0) is 67.1 Å². The number of sulfonamides is 1. The zero-order valence-electron chi connectivity index (χ0n) is 16.8. The summed E-state index contributed by atoms with van der Waals surface area (Å²) in [5, 5.41) is 3.57. The molecule has 0 aliphatic rings. The summed E-state index contributed by atoms with van der Waals surface area (Å²) in [7, 11) is -4.19. The Bertz CT molecular complexity index is 1230. The van der Waals surface area contributed by atoms with Gasteiger partial charge in [-0.1, -0.05) is 40.9 Å². The third kappa shape index (κ3) is 5.79. The molecule has 0 fully saturated rings. The van der Waals surface area contributed by atoms with Gasteiger partial charge < -0.3 is 5.32 Å². The van der Waals surface area contributed by atoms with E-state index in [2.05, 4.69) is 5.32 Å². The molecule has 0 unspecified atom stereocenters. The first-order valence-electron chi connectivity index (χ1n) is 9.32. The molecular formula is C22H18Cl3FN2O3S. The number of nitrogens with zero attached hydrogens (tertiary/aromatic N) is 1. The van der Waals surface area contributed by atoms with Crippen molar-refractivity contribution in [3.63, 3.8) is 0 Å². The molecule has 1 amide bonds. The van der Waals surface area contributed by atoms with Gasteiger partial charge in [-0.15, -0.1) is 0 Å². The van der Waals surface area contributed by atoms with Crippen molar-refractivity contribution in [3.05, 3.63) is 92.7 Å². The summed E-state index contributed by atoms with van der Waals surface area (Å²) in [6.07, 6.45) is 0. The molecule has 32 heavy (non-hydrogen) atoms. The standard InChI is InChI=1S/C22H18Cl3FN2O3S/c1-14-11-16(24)7-10-21(14)27-22(29)13-28(12-18-19(25)3-2-4-20(18)26)32(30,31)17-8-5-15(23)6-9-17/h2-11H,12-13H2,1H3,(H,27,29). The van der Waals surface area contributed by atoms with Crippen LogP contribution in [-0.2, 0) is 21.4 Å². The van der Waals surface area contributed by atoms with Crippen LogP contribution in [-0.4, -0.2) is 25.2 Å². The van der Waals surface area contributed by atoms with Crippen LogP contribution in [0.1, 0.15) is 11.1 Å². The largest absolute Gasteiger partial charge is 0.325 e. The second kappa shape index (κ2) is 10.2. The summed E-state index contributed by atoms with van der Waals surface area (Å²) in [6, 6.07) is 14.4. The Morgan fingerprint density at radius 1 is 1.00 bits per heavy atom. The molecule has 3 rings (SSSR count). The predicted molar refractivity (Wildman–Crippen MR) is 125 cm³/mol. The minimum Gasteiger partial charge on any atom is -0.325 e. The van der Waals surface area contributed by atoms with E-state index in [0.717, 1.165) is 4.31 Å². The molecule has 0 aromatic heterocycles. The normalized spacial score (nSPS) is 11.6. The van der Waals surface area contributed by atoms with E-state index in [1.165, 1.54) is 42.5 Å². The number of nitrogens with one attached hydrogen (secondary N) is 1. The van der Waals surface area contributed by atoms with Gasteiger partial charge in [-0.2, -0.15) is 4.31 Å². The average Bonchev–Trinajstić information content (AvgIpc) is 2.72. The minimum atomic E-state index is -4.19. The highest BCUT2D eigenvalue weighted by atomic mass is 35.5. The molecule has 0 atom stereocenters. The van der Waals surface area contributed by atoms with E-state index in [9.17, 15) is 17.6 Å². The van der Waals surface area contributed by atoms with Crippen molar-refractivity contribution in [3.8, 4) is 0 Å².